The molecule has 0 spiro atoms. The first-order valence-electron chi connectivity index (χ1n) is 5.99. The minimum atomic E-state index is -0.661. The quantitative estimate of drug-likeness (QED) is 0.901. The standard InChI is InChI=1S/C13H17BrFNO/c14-9-6-3-7-10(15)11(9)12(16)13(17)8-4-1-2-5-8/h3,6-8,12-13,17H,1-2,4-5,16H2/t12-,13+/m0/s1. The molecule has 1 aromatic rings. The monoisotopic (exact) mass is 301 g/mol. The van der Waals surface area contributed by atoms with Crippen molar-refractivity contribution in [2.24, 2.45) is 11.7 Å². The van der Waals surface area contributed by atoms with Crippen LogP contribution in [-0.4, -0.2) is 11.2 Å². The molecule has 0 amide bonds. The maximum atomic E-state index is 13.7. The molecule has 1 aromatic carbocycles. The lowest BCUT2D eigenvalue weighted by atomic mass is 9.91. The second-order valence-corrected chi connectivity index (χ2v) is 5.55. The highest BCUT2D eigenvalue weighted by Crippen LogP contribution is 2.35. The third-order valence-corrected chi connectivity index (χ3v) is 4.28. The Bertz CT molecular complexity index is 373. The summed E-state index contributed by atoms with van der Waals surface area (Å²) in [5.41, 5.74) is 6.38. The van der Waals surface area contributed by atoms with Crippen LogP contribution in [0.1, 0.15) is 37.3 Å². The minimum Gasteiger partial charge on any atom is -0.391 e. The van der Waals surface area contributed by atoms with Gasteiger partial charge in [0, 0.05) is 10.0 Å². The number of aliphatic hydroxyl groups excluding tert-OH is 1. The lowest BCUT2D eigenvalue weighted by Crippen LogP contribution is -2.32. The third kappa shape index (κ3) is 2.69. The molecule has 1 aliphatic carbocycles. The van der Waals surface area contributed by atoms with Crippen LogP contribution in [-0.2, 0) is 0 Å². The van der Waals surface area contributed by atoms with Crippen molar-refractivity contribution >= 4 is 15.9 Å². The van der Waals surface area contributed by atoms with Gasteiger partial charge in [-0.05, 0) is 30.9 Å². The summed E-state index contributed by atoms with van der Waals surface area (Å²) in [7, 11) is 0. The molecule has 0 heterocycles. The number of aliphatic hydroxyl groups is 1. The average Bonchev–Trinajstić information content (AvgIpc) is 2.81. The van der Waals surface area contributed by atoms with Crippen molar-refractivity contribution in [3.8, 4) is 0 Å². The summed E-state index contributed by atoms with van der Waals surface area (Å²) in [5.74, 6) is -0.152. The van der Waals surface area contributed by atoms with Gasteiger partial charge < -0.3 is 10.8 Å². The Morgan fingerprint density at radius 1 is 1.35 bits per heavy atom. The normalized spacial score (nSPS) is 20.5. The topological polar surface area (TPSA) is 46.2 Å². The molecule has 2 atom stereocenters. The van der Waals surface area contributed by atoms with Crippen molar-refractivity contribution in [2.45, 2.75) is 37.8 Å². The minimum absolute atomic E-state index is 0.205. The van der Waals surface area contributed by atoms with Crippen LogP contribution in [0.15, 0.2) is 22.7 Å². The highest BCUT2D eigenvalue weighted by molar-refractivity contribution is 9.10. The van der Waals surface area contributed by atoms with Gasteiger partial charge in [0.25, 0.3) is 0 Å². The summed E-state index contributed by atoms with van der Waals surface area (Å²) in [4.78, 5) is 0. The summed E-state index contributed by atoms with van der Waals surface area (Å²) >= 11 is 3.29. The van der Waals surface area contributed by atoms with E-state index in [1.807, 2.05) is 0 Å². The largest absolute Gasteiger partial charge is 0.391 e. The van der Waals surface area contributed by atoms with Gasteiger partial charge in [-0.3, -0.25) is 0 Å². The van der Waals surface area contributed by atoms with Gasteiger partial charge in [-0.15, -0.1) is 0 Å². The molecule has 0 saturated heterocycles. The number of hydrogen-bond acceptors (Lipinski definition) is 2. The Hall–Kier alpha value is -0.450. The second kappa shape index (κ2) is 5.46. The smallest absolute Gasteiger partial charge is 0.129 e. The molecule has 0 radical (unpaired) electrons. The van der Waals surface area contributed by atoms with Crippen LogP contribution in [0, 0.1) is 11.7 Å². The van der Waals surface area contributed by atoms with E-state index in [9.17, 15) is 9.50 Å². The number of nitrogens with two attached hydrogens (primary N) is 1. The predicted molar refractivity (Wildman–Crippen MR) is 69.0 cm³/mol. The molecule has 0 aromatic heterocycles. The fourth-order valence-corrected chi connectivity index (χ4v) is 3.20. The first-order chi connectivity index (χ1) is 8.11. The fraction of sp³-hybridized carbons (Fsp3) is 0.538. The maximum Gasteiger partial charge on any atom is 0.129 e. The van der Waals surface area contributed by atoms with Gasteiger partial charge in [-0.25, -0.2) is 4.39 Å². The van der Waals surface area contributed by atoms with Crippen LogP contribution >= 0.6 is 15.9 Å². The van der Waals surface area contributed by atoms with Crippen LogP contribution in [0.4, 0.5) is 4.39 Å². The van der Waals surface area contributed by atoms with E-state index in [1.54, 1.807) is 12.1 Å². The predicted octanol–water partition coefficient (Wildman–Crippen LogP) is 3.14. The van der Waals surface area contributed by atoms with Gasteiger partial charge in [0.2, 0.25) is 0 Å². The number of hydrogen-bond donors (Lipinski definition) is 2. The fourth-order valence-electron chi connectivity index (χ4n) is 2.59. The SMILES string of the molecule is N[C@@H](c1c(F)cccc1Br)[C@H](O)C1CCCC1. The molecule has 94 valence electrons. The van der Waals surface area contributed by atoms with Crippen molar-refractivity contribution in [1.29, 1.82) is 0 Å². The number of rotatable bonds is 3. The molecule has 1 saturated carbocycles. The zero-order valence-corrected chi connectivity index (χ0v) is 11.2. The molecule has 2 nitrogen and oxygen atoms in total. The summed E-state index contributed by atoms with van der Waals surface area (Å²) < 4.78 is 14.4. The summed E-state index contributed by atoms with van der Waals surface area (Å²) in [6.45, 7) is 0. The van der Waals surface area contributed by atoms with Gasteiger partial charge in [-0.1, -0.05) is 34.8 Å². The first-order valence-corrected chi connectivity index (χ1v) is 6.78. The van der Waals surface area contributed by atoms with Crippen molar-refractivity contribution in [3.63, 3.8) is 0 Å². The van der Waals surface area contributed by atoms with Crippen molar-refractivity contribution in [2.75, 3.05) is 0 Å². The summed E-state index contributed by atoms with van der Waals surface area (Å²) in [5, 5.41) is 10.2. The van der Waals surface area contributed by atoms with E-state index in [0.29, 0.717) is 10.0 Å². The average molecular weight is 302 g/mol. The van der Waals surface area contributed by atoms with Crippen molar-refractivity contribution in [1.82, 2.24) is 0 Å². The van der Waals surface area contributed by atoms with Gasteiger partial charge in [0.05, 0.1) is 12.1 Å². The van der Waals surface area contributed by atoms with E-state index in [4.69, 9.17) is 5.73 Å². The van der Waals surface area contributed by atoms with Crippen molar-refractivity contribution < 1.29 is 9.50 Å². The van der Waals surface area contributed by atoms with E-state index in [0.717, 1.165) is 25.7 Å². The molecule has 1 fully saturated rings. The Morgan fingerprint density at radius 3 is 2.59 bits per heavy atom. The molecule has 0 bridgehead atoms. The molecule has 3 N–H and O–H groups in total. The lowest BCUT2D eigenvalue weighted by Gasteiger charge is -2.25. The first kappa shape index (κ1) is 13.0. The second-order valence-electron chi connectivity index (χ2n) is 4.70. The van der Waals surface area contributed by atoms with E-state index in [-0.39, 0.29) is 11.7 Å². The summed E-state index contributed by atoms with van der Waals surface area (Å²) in [6.07, 6.45) is 3.58. The Labute approximate surface area is 109 Å². The number of halogens is 2. The van der Waals surface area contributed by atoms with Crippen LogP contribution in [0.3, 0.4) is 0 Å². The highest BCUT2D eigenvalue weighted by atomic mass is 79.9. The zero-order valence-electron chi connectivity index (χ0n) is 9.57. The molecule has 4 heteroatoms. The van der Waals surface area contributed by atoms with Crippen LogP contribution in [0.2, 0.25) is 0 Å². The molecular weight excluding hydrogens is 285 g/mol. The van der Waals surface area contributed by atoms with Crippen LogP contribution < -0.4 is 5.73 Å². The van der Waals surface area contributed by atoms with Crippen molar-refractivity contribution in [3.05, 3.63) is 34.1 Å². The van der Waals surface area contributed by atoms with Gasteiger partial charge in [0.1, 0.15) is 5.82 Å². The van der Waals surface area contributed by atoms with E-state index in [2.05, 4.69) is 15.9 Å². The van der Waals surface area contributed by atoms with E-state index in [1.165, 1.54) is 6.07 Å². The van der Waals surface area contributed by atoms with E-state index >= 15 is 0 Å². The Balaban J connectivity index is 2.20. The highest BCUT2D eigenvalue weighted by Gasteiger charge is 2.30. The zero-order chi connectivity index (χ0) is 12.4. The van der Waals surface area contributed by atoms with Crippen LogP contribution in [0.5, 0.6) is 0 Å². The summed E-state index contributed by atoms with van der Waals surface area (Å²) in [6, 6.07) is 4.09. The molecule has 1 aliphatic rings. The Kier molecular flexibility index (Phi) is 4.17. The van der Waals surface area contributed by atoms with Crippen LogP contribution in [0.25, 0.3) is 0 Å². The molecular formula is C13H17BrFNO. The maximum absolute atomic E-state index is 13.7. The molecule has 0 aliphatic heterocycles. The molecule has 0 unspecified atom stereocenters. The van der Waals surface area contributed by atoms with Gasteiger partial charge >= 0.3 is 0 Å². The molecule has 17 heavy (non-hydrogen) atoms. The molecule has 2 rings (SSSR count). The van der Waals surface area contributed by atoms with Gasteiger partial charge in [-0.2, -0.15) is 0 Å². The number of benzene rings is 1. The van der Waals surface area contributed by atoms with E-state index < -0.39 is 12.1 Å². The Morgan fingerprint density at radius 2 is 2.00 bits per heavy atom. The third-order valence-electron chi connectivity index (χ3n) is 3.58. The lowest BCUT2D eigenvalue weighted by molar-refractivity contribution is 0.0830. The van der Waals surface area contributed by atoms with Gasteiger partial charge in [0.15, 0.2) is 0 Å².